The number of nitrogens with zero attached hydrogens (tertiary/aromatic N) is 1. The van der Waals surface area contributed by atoms with Crippen molar-refractivity contribution >= 4 is 34.0 Å². The lowest BCUT2D eigenvalue weighted by atomic mass is 10.3. The summed E-state index contributed by atoms with van der Waals surface area (Å²) >= 11 is 7.68. The molecule has 3 aromatic rings. The van der Waals surface area contributed by atoms with E-state index in [1.165, 1.54) is 0 Å². The van der Waals surface area contributed by atoms with Crippen molar-refractivity contribution in [2.45, 2.75) is 6.54 Å². The molecule has 5 heteroatoms. The number of H-pyrrole nitrogens is 1. The normalized spacial score (nSPS) is 11.1. The van der Waals surface area contributed by atoms with Crippen LogP contribution in [0, 0.1) is 0 Å². The Hall–Kier alpha value is -1.52. The predicted octanol–water partition coefficient (Wildman–Crippen LogP) is 3.09. The molecular formula is C12H9ClN2OS. The zero-order valence-electron chi connectivity index (χ0n) is 8.81. The molecular weight excluding hydrogens is 256 g/mol. The highest BCUT2D eigenvalue weighted by Gasteiger charge is 2.09. The Labute approximate surface area is 106 Å². The number of nitrogens with one attached hydrogen (secondary N) is 1. The zero-order valence-corrected chi connectivity index (χ0v) is 10.4. The van der Waals surface area contributed by atoms with Gasteiger partial charge < -0.3 is 4.98 Å². The number of aromatic amines is 1. The molecule has 17 heavy (non-hydrogen) atoms. The number of imidazole rings is 1. The van der Waals surface area contributed by atoms with Crippen molar-refractivity contribution in [1.82, 2.24) is 9.55 Å². The highest BCUT2D eigenvalue weighted by molar-refractivity contribution is 7.09. The van der Waals surface area contributed by atoms with Crippen molar-refractivity contribution in [3.63, 3.8) is 0 Å². The first-order valence-corrected chi connectivity index (χ1v) is 6.41. The molecule has 0 saturated carbocycles. The molecule has 1 aromatic carbocycles. The van der Waals surface area contributed by atoms with E-state index in [9.17, 15) is 4.79 Å². The number of thiophene rings is 1. The molecule has 2 heterocycles. The first-order valence-electron chi connectivity index (χ1n) is 5.15. The summed E-state index contributed by atoms with van der Waals surface area (Å²) in [6, 6.07) is 9.51. The lowest BCUT2D eigenvalue weighted by molar-refractivity contribution is 0.798. The van der Waals surface area contributed by atoms with Gasteiger partial charge in [0.1, 0.15) is 0 Å². The SMILES string of the molecule is O=c1[nH]c2c(Cl)cccc2n1Cc1cccs1. The Morgan fingerprint density at radius 2 is 2.18 bits per heavy atom. The molecule has 1 N–H and O–H groups in total. The Kier molecular flexibility index (Phi) is 2.53. The van der Waals surface area contributed by atoms with Crippen LogP contribution >= 0.6 is 22.9 Å². The molecule has 0 spiro atoms. The van der Waals surface area contributed by atoms with Gasteiger partial charge >= 0.3 is 5.69 Å². The van der Waals surface area contributed by atoms with Gasteiger partial charge in [0.05, 0.1) is 22.6 Å². The molecule has 2 aromatic heterocycles. The summed E-state index contributed by atoms with van der Waals surface area (Å²) in [6.07, 6.45) is 0. The van der Waals surface area contributed by atoms with Gasteiger partial charge in [-0.2, -0.15) is 0 Å². The summed E-state index contributed by atoms with van der Waals surface area (Å²) in [7, 11) is 0. The van der Waals surface area contributed by atoms with Gasteiger partial charge in [0, 0.05) is 4.88 Å². The molecule has 0 aliphatic carbocycles. The molecule has 0 amide bonds. The van der Waals surface area contributed by atoms with Crippen LogP contribution in [0.25, 0.3) is 11.0 Å². The highest BCUT2D eigenvalue weighted by atomic mass is 35.5. The smallest absolute Gasteiger partial charge is 0.304 e. The minimum absolute atomic E-state index is 0.124. The number of benzene rings is 1. The largest absolute Gasteiger partial charge is 0.326 e. The molecule has 0 saturated heterocycles. The van der Waals surface area contributed by atoms with Crippen LogP contribution in [0.2, 0.25) is 5.02 Å². The van der Waals surface area contributed by atoms with Gasteiger partial charge in [-0.3, -0.25) is 4.57 Å². The van der Waals surface area contributed by atoms with Gasteiger partial charge in [-0.15, -0.1) is 11.3 Å². The van der Waals surface area contributed by atoms with Crippen molar-refractivity contribution in [1.29, 1.82) is 0 Å². The van der Waals surface area contributed by atoms with E-state index in [4.69, 9.17) is 11.6 Å². The maximum absolute atomic E-state index is 11.9. The number of aromatic nitrogens is 2. The van der Waals surface area contributed by atoms with Gasteiger partial charge in [-0.1, -0.05) is 23.7 Å². The average Bonchev–Trinajstić information content (AvgIpc) is 2.91. The van der Waals surface area contributed by atoms with Crippen LogP contribution < -0.4 is 5.69 Å². The molecule has 3 nitrogen and oxygen atoms in total. The summed E-state index contributed by atoms with van der Waals surface area (Å²) in [5, 5.41) is 2.58. The fourth-order valence-electron chi connectivity index (χ4n) is 1.86. The number of hydrogen-bond donors (Lipinski definition) is 1. The van der Waals surface area contributed by atoms with Gasteiger partial charge in [0.25, 0.3) is 0 Å². The van der Waals surface area contributed by atoms with Crippen molar-refractivity contribution in [2.24, 2.45) is 0 Å². The van der Waals surface area contributed by atoms with E-state index in [0.717, 1.165) is 10.4 Å². The molecule has 0 fully saturated rings. The van der Waals surface area contributed by atoms with Crippen LogP contribution in [-0.4, -0.2) is 9.55 Å². The summed E-state index contributed by atoms with van der Waals surface area (Å²) < 4.78 is 1.70. The van der Waals surface area contributed by atoms with Crippen LogP contribution in [0.3, 0.4) is 0 Å². The van der Waals surface area contributed by atoms with Crippen molar-refractivity contribution in [2.75, 3.05) is 0 Å². The fraction of sp³-hybridized carbons (Fsp3) is 0.0833. The van der Waals surface area contributed by atoms with Gasteiger partial charge in [0.15, 0.2) is 0 Å². The van der Waals surface area contributed by atoms with Crippen LogP contribution in [-0.2, 0) is 6.54 Å². The Morgan fingerprint density at radius 1 is 1.29 bits per heavy atom. The van der Waals surface area contributed by atoms with Crippen LogP contribution in [0.4, 0.5) is 0 Å². The van der Waals surface area contributed by atoms with Gasteiger partial charge in [0.2, 0.25) is 0 Å². The van der Waals surface area contributed by atoms with Crippen molar-refractivity contribution < 1.29 is 0 Å². The predicted molar refractivity (Wildman–Crippen MR) is 71.0 cm³/mol. The standard InChI is InChI=1S/C12H9ClN2OS/c13-9-4-1-5-10-11(9)14-12(16)15(10)7-8-3-2-6-17-8/h1-6H,7H2,(H,14,16). The second kappa shape index (κ2) is 4.05. The van der Waals surface area contributed by atoms with E-state index < -0.39 is 0 Å². The molecule has 0 aliphatic rings. The van der Waals surface area contributed by atoms with E-state index in [1.54, 1.807) is 22.0 Å². The summed E-state index contributed by atoms with van der Waals surface area (Å²) in [6.45, 7) is 0.580. The number of rotatable bonds is 2. The molecule has 3 rings (SSSR count). The minimum Gasteiger partial charge on any atom is -0.304 e. The number of para-hydroxylation sites is 1. The second-order valence-corrected chi connectivity index (χ2v) is 5.17. The molecule has 0 atom stereocenters. The van der Waals surface area contributed by atoms with Crippen LogP contribution in [0.1, 0.15) is 4.88 Å². The zero-order chi connectivity index (χ0) is 11.8. The lowest BCUT2D eigenvalue weighted by Crippen LogP contribution is -2.16. The van der Waals surface area contributed by atoms with Crippen LogP contribution in [0.15, 0.2) is 40.5 Å². The monoisotopic (exact) mass is 264 g/mol. The van der Waals surface area contributed by atoms with Crippen LogP contribution in [0.5, 0.6) is 0 Å². The summed E-state index contributed by atoms with van der Waals surface area (Å²) in [4.78, 5) is 15.8. The first-order chi connectivity index (χ1) is 8.25. The van der Waals surface area contributed by atoms with Gasteiger partial charge in [-0.25, -0.2) is 4.79 Å². The topological polar surface area (TPSA) is 37.8 Å². The molecule has 0 unspecified atom stereocenters. The third-order valence-electron chi connectivity index (χ3n) is 2.65. The quantitative estimate of drug-likeness (QED) is 0.759. The number of halogens is 1. The molecule has 0 aliphatic heterocycles. The van der Waals surface area contributed by atoms with E-state index in [-0.39, 0.29) is 5.69 Å². The fourth-order valence-corrected chi connectivity index (χ4v) is 2.77. The number of hydrogen-bond acceptors (Lipinski definition) is 2. The van der Waals surface area contributed by atoms with E-state index >= 15 is 0 Å². The second-order valence-electron chi connectivity index (χ2n) is 3.73. The third-order valence-corrected chi connectivity index (χ3v) is 3.83. The van der Waals surface area contributed by atoms with E-state index in [2.05, 4.69) is 4.98 Å². The Balaban J connectivity index is 2.19. The van der Waals surface area contributed by atoms with Gasteiger partial charge in [-0.05, 0) is 23.6 Å². The minimum atomic E-state index is -0.124. The lowest BCUT2D eigenvalue weighted by Gasteiger charge is -2.00. The van der Waals surface area contributed by atoms with Crippen molar-refractivity contribution in [3.05, 3.63) is 56.1 Å². The summed E-state index contributed by atoms with van der Waals surface area (Å²) in [5.41, 5.74) is 1.42. The highest BCUT2D eigenvalue weighted by Crippen LogP contribution is 2.21. The molecule has 86 valence electrons. The Bertz CT molecular complexity index is 712. The molecule has 0 radical (unpaired) electrons. The number of fused-ring (bicyclic) bond motifs is 1. The molecule has 0 bridgehead atoms. The van der Waals surface area contributed by atoms with E-state index in [0.29, 0.717) is 17.1 Å². The Morgan fingerprint density at radius 3 is 2.94 bits per heavy atom. The maximum atomic E-state index is 11.9. The summed E-state index contributed by atoms with van der Waals surface area (Å²) in [5.74, 6) is 0. The maximum Gasteiger partial charge on any atom is 0.326 e. The average molecular weight is 265 g/mol. The van der Waals surface area contributed by atoms with Crippen molar-refractivity contribution in [3.8, 4) is 0 Å². The first kappa shape index (κ1) is 10.6. The third kappa shape index (κ3) is 1.79. The van der Waals surface area contributed by atoms with E-state index in [1.807, 2.05) is 29.6 Å².